The Morgan fingerprint density at radius 1 is 1.04 bits per heavy atom. The van der Waals surface area contributed by atoms with Crippen molar-refractivity contribution in [3.63, 3.8) is 0 Å². The van der Waals surface area contributed by atoms with Gasteiger partial charge < -0.3 is 14.2 Å². The Balaban J connectivity index is 1.74. The van der Waals surface area contributed by atoms with E-state index in [0.29, 0.717) is 13.2 Å². The molecule has 2 aromatic rings. The van der Waals surface area contributed by atoms with Crippen molar-refractivity contribution in [2.24, 2.45) is 5.10 Å². The van der Waals surface area contributed by atoms with Crippen LogP contribution < -0.4 is 19.6 Å². The van der Waals surface area contributed by atoms with E-state index in [1.165, 1.54) is 6.92 Å². The molecule has 0 unspecified atom stereocenters. The first-order valence-corrected chi connectivity index (χ1v) is 7.47. The highest BCUT2D eigenvalue weighted by Crippen LogP contribution is 2.18. The molecule has 1 N–H and O–H groups in total. The van der Waals surface area contributed by atoms with E-state index in [-0.39, 0.29) is 5.91 Å². The largest absolute Gasteiger partial charge is 0.497 e. The van der Waals surface area contributed by atoms with E-state index in [2.05, 4.69) is 10.5 Å². The van der Waals surface area contributed by atoms with Gasteiger partial charge in [0, 0.05) is 13.0 Å². The zero-order valence-corrected chi connectivity index (χ0v) is 13.7. The summed E-state index contributed by atoms with van der Waals surface area (Å²) in [5.41, 5.74) is 3.21. The average Bonchev–Trinajstić information content (AvgIpc) is 2.60. The molecule has 6 heteroatoms. The van der Waals surface area contributed by atoms with E-state index in [9.17, 15) is 4.79 Å². The highest BCUT2D eigenvalue weighted by Gasteiger charge is 1.98. The predicted molar refractivity (Wildman–Crippen MR) is 91.8 cm³/mol. The van der Waals surface area contributed by atoms with Crippen molar-refractivity contribution in [2.75, 3.05) is 20.3 Å². The number of nitrogens with one attached hydrogen (secondary N) is 1. The van der Waals surface area contributed by atoms with Crippen molar-refractivity contribution in [1.82, 2.24) is 5.43 Å². The van der Waals surface area contributed by atoms with Crippen LogP contribution in [-0.2, 0) is 4.79 Å². The van der Waals surface area contributed by atoms with E-state index in [4.69, 9.17) is 14.2 Å². The molecule has 0 aliphatic rings. The fourth-order valence-electron chi connectivity index (χ4n) is 1.86. The van der Waals surface area contributed by atoms with Gasteiger partial charge in [-0.15, -0.1) is 0 Å². The van der Waals surface area contributed by atoms with Gasteiger partial charge in [0.1, 0.15) is 30.5 Å². The minimum Gasteiger partial charge on any atom is -0.497 e. The number of rotatable bonds is 8. The van der Waals surface area contributed by atoms with Crippen LogP contribution in [0.3, 0.4) is 0 Å². The Morgan fingerprint density at radius 3 is 2.38 bits per heavy atom. The van der Waals surface area contributed by atoms with Crippen LogP contribution in [0.15, 0.2) is 53.6 Å². The van der Waals surface area contributed by atoms with Crippen molar-refractivity contribution in [2.45, 2.75) is 6.92 Å². The van der Waals surface area contributed by atoms with Gasteiger partial charge in [-0.2, -0.15) is 5.10 Å². The molecule has 0 aliphatic heterocycles. The lowest BCUT2D eigenvalue weighted by Crippen LogP contribution is -2.12. The summed E-state index contributed by atoms with van der Waals surface area (Å²) in [6, 6.07) is 14.8. The lowest BCUT2D eigenvalue weighted by Gasteiger charge is -2.09. The second kappa shape index (κ2) is 9.19. The molecule has 2 rings (SSSR count). The Bertz CT molecular complexity index is 684. The van der Waals surface area contributed by atoms with Gasteiger partial charge in [0.25, 0.3) is 0 Å². The van der Waals surface area contributed by atoms with E-state index in [0.717, 1.165) is 22.8 Å². The molecular weight excluding hydrogens is 308 g/mol. The van der Waals surface area contributed by atoms with Crippen LogP contribution in [0, 0.1) is 0 Å². The molecule has 0 fully saturated rings. The lowest BCUT2D eigenvalue weighted by atomic mass is 10.2. The monoisotopic (exact) mass is 328 g/mol. The molecule has 0 heterocycles. The molecule has 0 saturated heterocycles. The normalized spacial score (nSPS) is 10.4. The molecular formula is C18H20N2O4. The standard InChI is InChI=1S/C18H20N2O4/c1-14(21)20-19-13-15-6-8-16(9-7-15)23-10-11-24-18-5-3-4-17(12-18)22-2/h3-9,12-13H,10-11H2,1-2H3,(H,20,21)/b19-13-. The number of methoxy groups -OCH3 is 1. The van der Waals surface area contributed by atoms with Gasteiger partial charge in [-0.05, 0) is 42.0 Å². The number of hydrogen-bond donors (Lipinski definition) is 1. The molecule has 24 heavy (non-hydrogen) atoms. The average molecular weight is 328 g/mol. The second-order valence-electron chi connectivity index (χ2n) is 4.87. The van der Waals surface area contributed by atoms with Gasteiger partial charge in [0.15, 0.2) is 0 Å². The summed E-state index contributed by atoms with van der Waals surface area (Å²) in [6.45, 7) is 2.26. The third-order valence-corrected chi connectivity index (χ3v) is 2.98. The zero-order chi connectivity index (χ0) is 17.2. The first-order chi connectivity index (χ1) is 11.7. The number of nitrogens with zero attached hydrogens (tertiary/aromatic N) is 1. The van der Waals surface area contributed by atoms with Gasteiger partial charge in [-0.25, -0.2) is 5.43 Å². The highest BCUT2D eigenvalue weighted by molar-refractivity contribution is 5.81. The molecule has 0 saturated carbocycles. The van der Waals surface area contributed by atoms with E-state index in [1.54, 1.807) is 13.3 Å². The smallest absolute Gasteiger partial charge is 0.236 e. The highest BCUT2D eigenvalue weighted by atomic mass is 16.5. The number of benzene rings is 2. The van der Waals surface area contributed by atoms with Gasteiger partial charge in [0.2, 0.25) is 5.91 Å². The maximum atomic E-state index is 10.7. The molecule has 0 atom stereocenters. The van der Waals surface area contributed by atoms with Crippen LogP contribution >= 0.6 is 0 Å². The van der Waals surface area contributed by atoms with Crippen LogP contribution in [0.4, 0.5) is 0 Å². The predicted octanol–water partition coefficient (Wildman–Crippen LogP) is 2.62. The van der Waals surface area contributed by atoms with Crippen molar-refractivity contribution < 1.29 is 19.0 Å². The number of amides is 1. The summed E-state index contributed by atoms with van der Waals surface area (Å²) in [7, 11) is 1.62. The molecule has 0 aliphatic carbocycles. The van der Waals surface area contributed by atoms with Crippen molar-refractivity contribution in [3.8, 4) is 17.2 Å². The summed E-state index contributed by atoms with van der Waals surface area (Å²) < 4.78 is 16.4. The number of ether oxygens (including phenoxy) is 3. The fraction of sp³-hybridized carbons (Fsp3) is 0.222. The number of carbonyl (C=O) groups excluding carboxylic acids is 1. The van der Waals surface area contributed by atoms with Gasteiger partial charge in [-0.3, -0.25) is 4.79 Å². The van der Waals surface area contributed by atoms with Crippen LogP contribution in [0.1, 0.15) is 12.5 Å². The minimum atomic E-state index is -0.206. The lowest BCUT2D eigenvalue weighted by molar-refractivity contribution is -0.118. The molecule has 0 aromatic heterocycles. The first-order valence-electron chi connectivity index (χ1n) is 7.47. The minimum absolute atomic E-state index is 0.206. The molecule has 0 radical (unpaired) electrons. The molecule has 1 amide bonds. The summed E-state index contributed by atoms with van der Waals surface area (Å²) in [5.74, 6) is 2.02. The Hall–Kier alpha value is -3.02. The number of hydrazone groups is 1. The third-order valence-electron chi connectivity index (χ3n) is 2.98. The van der Waals surface area contributed by atoms with Crippen molar-refractivity contribution in [3.05, 3.63) is 54.1 Å². The zero-order valence-electron chi connectivity index (χ0n) is 13.7. The molecule has 0 bridgehead atoms. The second-order valence-corrected chi connectivity index (χ2v) is 4.87. The quantitative estimate of drug-likeness (QED) is 0.459. The van der Waals surface area contributed by atoms with Crippen LogP contribution in [0.2, 0.25) is 0 Å². The summed E-state index contributed by atoms with van der Waals surface area (Å²) >= 11 is 0. The Kier molecular flexibility index (Phi) is 6.64. The van der Waals surface area contributed by atoms with Crippen LogP contribution in [-0.4, -0.2) is 32.4 Å². The van der Waals surface area contributed by atoms with E-state index in [1.807, 2.05) is 48.5 Å². The van der Waals surface area contributed by atoms with Gasteiger partial charge in [0.05, 0.1) is 13.3 Å². The van der Waals surface area contributed by atoms with E-state index >= 15 is 0 Å². The summed E-state index contributed by atoms with van der Waals surface area (Å²) in [5, 5.41) is 3.80. The maximum absolute atomic E-state index is 10.7. The number of hydrogen-bond acceptors (Lipinski definition) is 5. The van der Waals surface area contributed by atoms with Gasteiger partial charge in [-0.1, -0.05) is 6.07 Å². The van der Waals surface area contributed by atoms with Crippen molar-refractivity contribution >= 4 is 12.1 Å². The summed E-state index contributed by atoms with van der Waals surface area (Å²) in [6.07, 6.45) is 1.57. The summed E-state index contributed by atoms with van der Waals surface area (Å²) in [4.78, 5) is 10.7. The van der Waals surface area contributed by atoms with Crippen LogP contribution in [0.5, 0.6) is 17.2 Å². The molecule has 6 nitrogen and oxygen atoms in total. The maximum Gasteiger partial charge on any atom is 0.236 e. The Morgan fingerprint density at radius 2 is 1.71 bits per heavy atom. The molecule has 2 aromatic carbocycles. The van der Waals surface area contributed by atoms with Crippen molar-refractivity contribution in [1.29, 1.82) is 0 Å². The SMILES string of the molecule is COc1cccc(OCCOc2ccc(/C=N\NC(C)=O)cc2)c1. The van der Waals surface area contributed by atoms with Crippen LogP contribution in [0.25, 0.3) is 0 Å². The molecule has 126 valence electrons. The van der Waals surface area contributed by atoms with Gasteiger partial charge >= 0.3 is 0 Å². The first kappa shape index (κ1) is 17.3. The topological polar surface area (TPSA) is 69.2 Å². The third kappa shape index (κ3) is 6.00. The fourth-order valence-corrected chi connectivity index (χ4v) is 1.86. The number of carbonyl (C=O) groups is 1. The Labute approximate surface area is 141 Å². The molecule has 0 spiro atoms. The van der Waals surface area contributed by atoms with E-state index < -0.39 is 0 Å².